The molecule has 0 spiro atoms. The number of nitrogens with zero attached hydrogens (tertiary/aromatic N) is 2. The van der Waals surface area contributed by atoms with Crippen molar-refractivity contribution in [1.29, 1.82) is 0 Å². The van der Waals surface area contributed by atoms with Gasteiger partial charge in [-0.3, -0.25) is 9.78 Å². The van der Waals surface area contributed by atoms with Crippen molar-refractivity contribution >= 4 is 22.7 Å². The summed E-state index contributed by atoms with van der Waals surface area (Å²) in [6.07, 6.45) is 0. The lowest BCUT2D eigenvalue weighted by molar-refractivity contribution is 0.102. The number of ether oxygens (including phenoxy) is 1. The fourth-order valence-electron chi connectivity index (χ4n) is 2.48. The first-order valence-corrected chi connectivity index (χ1v) is 8.03. The molecule has 0 aliphatic rings. The molecular weight excluding hydrogens is 352 g/mol. The number of hydrogen-bond acceptors (Lipinski definition) is 7. The van der Waals surface area contributed by atoms with Crippen molar-refractivity contribution in [3.05, 3.63) is 70.3 Å². The van der Waals surface area contributed by atoms with E-state index in [0.29, 0.717) is 39.8 Å². The fraction of sp³-hybridized carbons (Fsp3) is 0.111. The van der Waals surface area contributed by atoms with Gasteiger partial charge in [-0.1, -0.05) is 5.16 Å². The number of nitrogens with one attached hydrogen (secondary N) is 2. The third-order valence-corrected chi connectivity index (χ3v) is 3.73. The van der Waals surface area contributed by atoms with Gasteiger partial charge in [0, 0.05) is 18.2 Å². The molecule has 0 saturated heterocycles. The zero-order valence-electron chi connectivity index (χ0n) is 14.2. The van der Waals surface area contributed by atoms with Crippen molar-refractivity contribution in [1.82, 2.24) is 15.1 Å². The molecule has 2 heterocycles. The topological polar surface area (TPSA) is 123 Å². The summed E-state index contributed by atoms with van der Waals surface area (Å²) in [4.78, 5) is 30.1. The number of hydrogen-bond donors (Lipinski definition) is 2. The smallest absolute Gasteiger partial charge is 0.417 e. The molecule has 4 aromatic rings. The van der Waals surface area contributed by atoms with Crippen LogP contribution in [-0.2, 0) is 6.61 Å². The van der Waals surface area contributed by atoms with Crippen molar-refractivity contribution in [2.24, 2.45) is 0 Å². The van der Waals surface area contributed by atoms with Crippen LogP contribution in [0.4, 0.5) is 5.69 Å². The highest BCUT2D eigenvalue weighted by atomic mass is 16.5. The molecule has 0 bridgehead atoms. The van der Waals surface area contributed by atoms with Gasteiger partial charge in [-0.2, -0.15) is 4.98 Å². The van der Waals surface area contributed by atoms with E-state index in [-0.39, 0.29) is 12.5 Å². The maximum Gasteiger partial charge on any atom is 0.417 e. The average Bonchev–Trinajstić information content (AvgIpc) is 3.24. The van der Waals surface area contributed by atoms with Gasteiger partial charge in [-0.25, -0.2) is 4.79 Å². The van der Waals surface area contributed by atoms with Gasteiger partial charge in [0.2, 0.25) is 11.7 Å². The summed E-state index contributed by atoms with van der Waals surface area (Å²) in [6, 6.07) is 11.6. The Labute approximate surface area is 152 Å². The largest absolute Gasteiger partial charge is 0.485 e. The molecule has 0 radical (unpaired) electrons. The predicted molar refractivity (Wildman–Crippen MR) is 94.6 cm³/mol. The van der Waals surface area contributed by atoms with Crippen molar-refractivity contribution < 1.29 is 18.5 Å². The minimum Gasteiger partial charge on any atom is -0.485 e. The van der Waals surface area contributed by atoms with E-state index in [2.05, 4.69) is 20.4 Å². The number of aryl methyl sites for hydroxylation is 1. The van der Waals surface area contributed by atoms with Crippen LogP contribution in [0.2, 0.25) is 0 Å². The van der Waals surface area contributed by atoms with Gasteiger partial charge in [0.25, 0.3) is 5.91 Å². The maximum absolute atomic E-state index is 12.4. The Balaban J connectivity index is 1.40. The van der Waals surface area contributed by atoms with Gasteiger partial charge >= 0.3 is 5.76 Å². The zero-order valence-corrected chi connectivity index (χ0v) is 14.2. The number of carbonyl (C=O) groups excluding carboxylic acids is 1. The molecular formula is C18H14N4O5. The predicted octanol–water partition coefficient (Wildman–Crippen LogP) is 2.64. The fourth-order valence-corrected chi connectivity index (χ4v) is 2.48. The summed E-state index contributed by atoms with van der Waals surface area (Å²) in [6.45, 7) is 1.89. The number of H-pyrrole nitrogens is 1. The van der Waals surface area contributed by atoms with Gasteiger partial charge in [0.15, 0.2) is 12.2 Å². The Hall–Kier alpha value is -3.88. The number of rotatable bonds is 5. The third-order valence-electron chi connectivity index (χ3n) is 3.73. The molecule has 4 rings (SSSR count). The van der Waals surface area contributed by atoms with E-state index >= 15 is 0 Å². The number of fused-ring (bicyclic) bond motifs is 1. The van der Waals surface area contributed by atoms with Gasteiger partial charge in [0.1, 0.15) is 5.75 Å². The second-order valence-corrected chi connectivity index (χ2v) is 5.72. The molecule has 1 amide bonds. The molecule has 2 aromatic heterocycles. The molecule has 0 unspecified atom stereocenters. The number of amides is 1. The van der Waals surface area contributed by atoms with Crippen LogP contribution < -0.4 is 15.8 Å². The Kier molecular flexibility index (Phi) is 4.17. The van der Waals surface area contributed by atoms with E-state index in [1.54, 1.807) is 49.4 Å². The van der Waals surface area contributed by atoms with Crippen LogP contribution in [0.15, 0.2) is 56.2 Å². The normalized spacial score (nSPS) is 10.9. The first-order chi connectivity index (χ1) is 13.1. The molecule has 0 aliphatic heterocycles. The lowest BCUT2D eigenvalue weighted by Gasteiger charge is -2.07. The highest BCUT2D eigenvalue weighted by molar-refractivity contribution is 6.05. The van der Waals surface area contributed by atoms with Crippen molar-refractivity contribution in [3.8, 4) is 5.75 Å². The van der Waals surface area contributed by atoms with Crippen molar-refractivity contribution in [2.75, 3.05) is 5.32 Å². The molecule has 0 saturated carbocycles. The summed E-state index contributed by atoms with van der Waals surface area (Å²) in [5, 5.41) is 6.52. The Bertz CT molecular complexity index is 1160. The average molecular weight is 366 g/mol. The van der Waals surface area contributed by atoms with E-state index in [9.17, 15) is 9.59 Å². The number of aromatic amines is 1. The second-order valence-electron chi connectivity index (χ2n) is 5.72. The molecule has 27 heavy (non-hydrogen) atoms. The van der Waals surface area contributed by atoms with E-state index in [1.165, 1.54) is 0 Å². The van der Waals surface area contributed by atoms with Crippen molar-refractivity contribution in [3.63, 3.8) is 0 Å². The van der Waals surface area contributed by atoms with E-state index in [0.717, 1.165) is 0 Å². The van der Waals surface area contributed by atoms with Crippen LogP contribution in [0.3, 0.4) is 0 Å². The Morgan fingerprint density at radius 2 is 2.04 bits per heavy atom. The van der Waals surface area contributed by atoms with Crippen LogP contribution in [0.1, 0.15) is 22.1 Å². The Morgan fingerprint density at radius 3 is 2.78 bits per heavy atom. The molecule has 2 aromatic carbocycles. The minimum atomic E-state index is -0.561. The summed E-state index contributed by atoms with van der Waals surface area (Å²) >= 11 is 0. The van der Waals surface area contributed by atoms with Crippen LogP contribution >= 0.6 is 0 Å². The maximum atomic E-state index is 12.4. The Morgan fingerprint density at radius 1 is 1.22 bits per heavy atom. The highest BCUT2D eigenvalue weighted by Gasteiger charge is 2.10. The van der Waals surface area contributed by atoms with Crippen LogP contribution in [0.5, 0.6) is 5.75 Å². The lowest BCUT2D eigenvalue weighted by Crippen LogP contribution is -2.11. The first-order valence-electron chi connectivity index (χ1n) is 8.03. The lowest BCUT2D eigenvalue weighted by atomic mass is 10.2. The molecule has 2 N–H and O–H groups in total. The van der Waals surface area contributed by atoms with Gasteiger partial charge in [-0.15, -0.1) is 0 Å². The second kappa shape index (κ2) is 6.79. The molecule has 9 heteroatoms. The number of oxazole rings is 1. The SMILES string of the molecule is Cc1nc(COc2ccc(NC(=O)c3ccc4oc(=O)[nH]c4c3)cc2)no1. The molecule has 0 aliphatic carbocycles. The zero-order chi connectivity index (χ0) is 18.8. The highest BCUT2D eigenvalue weighted by Crippen LogP contribution is 2.18. The summed E-state index contributed by atoms with van der Waals surface area (Å²) in [5.74, 6) is 0.666. The quantitative estimate of drug-likeness (QED) is 0.556. The number of anilines is 1. The van der Waals surface area contributed by atoms with E-state index in [1.807, 2.05) is 0 Å². The number of benzene rings is 2. The number of aromatic nitrogens is 3. The minimum absolute atomic E-state index is 0.186. The summed E-state index contributed by atoms with van der Waals surface area (Å²) < 4.78 is 15.3. The molecule has 136 valence electrons. The van der Waals surface area contributed by atoms with Crippen molar-refractivity contribution in [2.45, 2.75) is 13.5 Å². The van der Waals surface area contributed by atoms with Crippen LogP contribution in [-0.4, -0.2) is 21.0 Å². The first kappa shape index (κ1) is 16.6. The summed E-state index contributed by atoms with van der Waals surface area (Å²) in [7, 11) is 0. The van der Waals surface area contributed by atoms with E-state index < -0.39 is 5.76 Å². The third kappa shape index (κ3) is 3.71. The number of carbonyl (C=O) groups is 1. The molecule has 9 nitrogen and oxygen atoms in total. The van der Waals surface area contributed by atoms with E-state index in [4.69, 9.17) is 13.7 Å². The standard InChI is InChI=1S/C18H14N4O5/c1-10-19-16(22-27-10)9-25-13-5-3-12(4-6-13)20-17(23)11-2-7-15-14(8-11)21-18(24)26-15/h2-8H,9H2,1H3,(H,20,23)(H,21,24). The molecule has 0 fully saturated rings. The molecule has 0 atom stereocenters. The monoisotopic (exact) mass is 366 g/mol. The van der Waals surface area contributed by atoms with Crippen LogP contribution in [0.25, 0.3) is 11.1 Å². The summed E-state index contributed by atoms with van der Waals surface area (Å²) in [5.41, 5.74) is 1.86. The van der Waals surface area contributed by atoms with Gasteiger partial charge < -0.3 is 19.0 Å². The van der Waals surface area contributed by atoms with Crippen LogP contribution in [0, 0.1) is 6.92 Å². The van der Waals surface area contributed by atoms with Gasteiger partial charge in [0.05, 0.1) is 5.52 Å². The van der Waals surface area contributed by atoms with Gasteiger partial charge in [-0.05, 0) is 42.5 Å².